The number of carboxylic acids is 1. The van der Waals surface area contributed by atoms with Crippen LogP contribution in [-0.4, -0.2) is 50.0 Å². The van der Waals surface area contributed by atoms with Gasteiger partial charge in [0, 0.05) is 26.2 Å². The molecule has 1 saturated heterocycles. The van der Waals surface area contributed by atoms with Crippen LogP contribution in [0, 0.1) is 11.8 Å². The van der Waals surface area contributed by atoms with Crippen molar-refractivity contribution in [3.63, 3.8) is 0 Å². The van der Waals surface area contributed by atoms with Gasteiger partial charge in [0.25, 0.3) is 0 Å². The predicted octanol–water partition coefficient (Wildman–Crippen LogP) is -0.0553. The third-order valence-electron chi connectivity index (χ3n) is 3.06. The van der Waals surface area contributed by atoms with Crippen molar-refractivity contribution >= 4 is 13.8 Å². The fourth-order valence-electron chi connectivity index (χ4n) is 2.28. The van der Waals surface area contributed by atoms with Crippen LogP contribution in [-0.2, 0) is 4.79 Å². The molecule has 2 radical (unpaired) electrons. The molecule has 3 N–H and O–H groups in total. The molecule has 0 amide bonds. The van der Waals surface area contributed by atoms with E-state index in [2.05, 4.69) is 4.90 Å². The molecule has 4 nitrogen and oxygen atoms in total. The number of likely N-dealkylation sites (tertiary alicyclic amines) is 1. The quantitative estimate of drug-likeness (QED) is 0.603. The lowest BCUT2D eigenvalue weighted by Gasteiger charge is -2.14. The minimum absolute atomic E-state index is 0.233. The zero-order chi connectivity index (χ0) is 11.3. The molecule has 1 aliphatic heterocycles. The number of nitrogens with zero attached hydrogens (tertiary/aromatic N) is 1. The van der Waals surface area contributed by atoms with Crippen LogP contribution in [0.1, 0.15) is 12.8 Å². The second kappa shape index (κ2) is 6.13. The highest BCUT2D eigenvalue weighted by Gasteiger charge is 2.36. The minimum Gasteiger partial charge on any atom is -0.481 e. The van der Waals surface area contributed by atoms with Gasteiger partial charge in [0.2, 0.25) is 0 Å². The maximum Gasteiger partial charge on any atom is 0.308 e. The number of nitrogens with two attached hydrogens (primary N) is 1. The van der Waals surface area contributed by atoms with Crippen molar-refractivity contribution < 1.29 is 9.90 Å². The summed E-state index contributed by atoms with van der Waals surface area (Å²) in [4.78, 5) is 13.2. The van der Waals surface area contributed by atoms with Crippen LogP contribution in [0.5, 0.6) is 0 Å². The summed E-state index contributed by atoms with van der Waals surface area (Å²) in [6.45, 7) is 2.88. The lowest BCUT2D eigenvalue weighted by Crippen LogP contribution is -2.28. The van der Waals surface area contributed by atoms with E-state index < -0.39 is 5.97 Å². The average Bonchev–Trinajstić information content (AvgIpc) is 2.59. The maximum atomic E-state index is 11.0. The number of hydrogen-bond donors (Lipinski definition) is 2. The van der Waals surface area contributed by atoms with Gasteiger partial charge in [0.15, 0.2) is 0 Å². The first-order valence-electron chi connectivity index (χ1n) is 5.54. The number of carboxylic acid groups (broad SMARTS) is 1. The molecule has 0 unspecified atom stereocenters. The molecule has 1 rings (SSSR count). The van der Waals surface area contributed by atoms with Crippen LogP contribution in [0.25, 0.3) is 0 Å². The summed E-state index contributed by atoms with van der Waals surface area (Å²) in [5, 5.41) is 9.08. The van der Waals surface area contributed by atoms with E-state index in [0.717, 1.165) is 25.9 Å². The van der Waals surface area contributed by atoms with Crippen LogP contribution in [0.4, 0.5) is 0 Å². The van der Waals surface area contributed by atoms with Crippen LogP contribution in [0.3, 0.4) is 0 Å². The highest BCUT2D eigenvalue weighted by atomic mass is 16.4. The van der Waals surface area contributed by atoms with E-state index in [-0.39, 0.29) is 11.8 Å². The summed E-state index contributed by atoms with van der Waals surface area (Å²) < 4.78 is 0. The lowest BCUT2D eigenvalue weighted by molar-refractivity contribution is -0.142. The highest BCUT2D eigenvalue weighted by molar-refractivity contribution is 6.08. The monoisotopic (exact) mass is 210 g/mol. The minimum atomic E-state index is -0.684. The third kappa shape index (κ3) is 3.50. The second-order valence-electron chi connectivity index (χ2n) is 4.18. The molecule has 0 spiro atoms. The topological polar surface area (TPSA) is 66.6 Å². The van der Waals surface area contributed by atoms with Gasteiger partial charge >= 0.3 is 5.97 Å². The Morgan fingerprint density at radius 3 is 2.80 bits per heavy atom. The summed E-state index contributed by atoms with van der Waals surface area (Å²) in [7, 11) is 5.44. The molecule has 84 valence electrons. The number of carbonyl (C=O) groups is 1. The Morgan fingerprint density at radius 2 is 2.27 bits per heavy atom. The first kappa shape index (κ1) is 12.5. The van der Waals surface area contributed by atoms with Gasteiger partial charge in [-0.25, -0.2) is 0 Å². The van der Waals surface area contributed by atoms with E-state index in [0.29, 0.717) is 19.4 Å². The molecule has 0 bridgehead atoms. The molecule has 0 aromatic heterocycles. The molecule has 2 atom stereocenters. The number of rotatable bonds is 6. The molecule has 5 heteroatoms. The van der Waals surface area contributed by atoms with E-state index in [9.17, 15) is 4.79 Å². The van der Waals surface area contributed by atoms with Gasteiger partial charge < -0.3 is 15.7 Å². The van der Waals surface area contributed by atoms with Crippen molar-refractivity contribution in [1.29, 1.82) is 0 Å². The maximum absolute atomic E-state index is 11.0. The van der Waals surface area contributed by atoms with Crippen LogP contribution >= 0.6 is 0 Å². The molecule has 1 fully saturated rings. The van der Waals surface area contributed by atoms with E-state index in [1.807, 2.05) is 0 Å². The van der Waals surface area contributed by atoms with Crippen LogP contribution in [0.2, 0.25) is 6.32 Å². The van der Waals surface area contributed by atoms with Gasteiger partial charge in [0.05, 0.1) is 13.8 Å². The van der Waals surface area contributed by atoms with Crippen LogP contribution < -0.4 is 5.73 Å². The smallest absolute Gasteiger partial charge is 0.308 e. The zero-order valence-electron chi connectivity index (χ0n) is 9.06. The van der Waals surface area contributed by atoms with Gasteiger partial charge in [0.1, 0.15) is 0 Å². The second-order valence-corrected chi connectivity index (χ2v) is 4.18. The lowest BCUT2D eigenvalue weighted by atomic mass is 9.88. The molecule has 0 saturated carbocycles. The summed E-state index contributed by atoms with van der Waals surface area (Å²) in [5.41, 5.74) is 5.47. The summed E-state index contributed by atoms with van der Waals surface area (Å²) in [6, 6.07) is 0. The van der Waals surface area contributed by atoms with E-state index in [1.165, 1.54) is 0 Å². The van der Waals surface area contributed by atoms with Gasteiger partial charge in [-0.05, 0) is 12.3 Å². The zero-order valence-corrected chi connectivity index (χ0v) is 9.06. The third-order valence-corrected chi connectivity index (χ3v) is 3.06. The Labute approximate surface area is 92.2 Å². The molecular weight excluding hydrogens is 191 g/mol. The van der Waals surface area contributed by atoms with Crippen molar-refractivity contribution in [2.75, 3.05) is 26.2 Å². The Kier molecular flexibility index (Phi) is 5.12. The number of hydrogen-bond acceptors (Lipinski definition) is 3. The fourth-order valence-corrected chi connectivity index (χ4v) is 2.28. The number of aliphatic carboxylic acids is 1. The molecule has 0 aromatic carbocycles. The molecule has 0 aliphatic carbocycles. The van der Waals surface area contributed by atoms with Crippen LogP contribution in [0.15, 0.2) is 0 Å². The van der Waals surface area contributed by atoms with E-state index >= 15 is 0 Å². The Balaban J connectivity index is 2.47. The van der Waals surface area contributed by atoms with Crippen molar-refractivity contribution in [2.45, 2.75) is 19.2 Å². The summed E-state index contributed by atoms with van der Waals surface area (Å²) in [6.07, 6.45) is 2.46. The van der Waals surface area contributed by atoms with Crippen molar-refractivity contribution in [2.24, 2.45) is 17.6 Å². The van der Waals surface area contributed by atoms with Crippen molar-refractivity contribution in [1.82, 2.24) is 4.90 Å². The average molecular weight is 210 g/mol. The first-order valence-corrected chi connectivity index (χ1v) is 5.54. The summed E-state index contributed by atoms with van der Waals surface area (Å²) in [5.74, 6) is -0.669. The van der Waals surface area contributed by atoms with Crippen molar-refractivity contribution in [3.8, 4) is 0 Å². The predicted molar refractivity (Wildman–Crippen MR) is 59.9 cm³/mol. The Bertz CT molecular complexity index is 214. The Morgan fingerprint density at radius 1 is 1.53 bits per heavy atom. The molecule has 15 heavy (non-hydrogen) atoms. The molecule has 1 heterocycles. The molecule has 0 aromatic rings. The highest BCUT2D eigenvalue weighted by Crippen LogP contribution is 2.27. The Hall–Kier alpha value is -0.545. The fraction of sp³-hybridized carbons (Fsp3) is 0.900. The van der Waals surface area contributed by atoms with Gasteiger partial charge in [-0.3, -0.25) is 4.79 Å². The SMILES string of the molecule is [B]CCC[C@H]1CN(CCN)C[C@H]1C(=O)O. The molecule has 1 aliphatic rings. The van der Waals surface area contributed by atoms with Gasteiger partial charge in [-0.15, -0.1) is 0 Å². The van der Waals surface area contributed by atoms with E-state index in [4.69, 9.17) is 18.7 Å². The largest absolute Gasteiger partial charge is 0.481 e. The normalized spacial score (nSPS) is 27.0. The van der Waals surface area contributed by atoms with Crippen molar-refractivity contribution in [3.05, 3.63) is 0 Å². The van der Waals surface area contributed by atoms with E-state index in [1.54, 1.807) is 0 Å². The van der Waals surface area contributed by atoms with Gasteiger partial charge in [-0.1, -0.05) is 12.7 Å². The van der Waals surface area contributed by atoms with Gasteiger partial charge in [-0.2, -0.15) is 0 Å². The standard InChI is InChI=1S/C10H19BN2O2/c11-3-1-2-8-6-13(5-4-12)7-9(8)10(14)15/h8-9H,1-7,12H2,(H,14,15)/t8-,9+/m0/s1. The first-order chi connectivity index (χ1) is 7.19. The molecular formula is C10H19BN2O2. The summed E-state index contributed by atoms with van der Waals surface area (Å²) >= 11 is 0.